The molecular weight excluding hydrogens is 253 g/mol. The number of benzene rings is 1. The molecule has 0 aliphatic heterocycles. The number of aromatic nitrogens is 1. The highest BCUT2D eigenvalue weighted by molar-refractivity contribution is 5.65. The van der Waals surface area contributed by atoms with Crippen LogP contribution >= 0.6 is 0 Å². The van der Waals surface area contributed by atoms with E-state index in [2.05, 4.69) is 24.1 Å². The smallest absolute Gasteiger partial charge is 0.125 e. The Kier molecular flexibility index (Phi) is 4.69. The van der Waals surface area contributed by atoms with Gasteiger partial charge in [-0.2, -0.15) is 0 Å². The van der Waals surface area contributed by atoms with Crippen molar-refractivity contribution in [3.8, 4) is 0 Å². The van der Waals surface area contributed by atoms with Gasteiger partial charge in [0.15, 0.2) is 0 Å². The molecule has 0 spiro atoms. The van der Waals surface area contributed by atoms with Crippen LogP contribution in [0.15, 0.2) is 42.7 Å². The predicted octanol–water partition coefficient (Wildman–Crippen LogP) is 3.49. The second-order valence-electron chi connectivity index (χ2n) is 5.08. The van der Waals surface area contributed by atoms with Crippen molar-refractivity contribution in [2.24, 2.45) is 0 Å². The van der Waals surface area contributed by atoms with E-state index in [1.807, 2.05) is 30.3 Å². The van der Waals surface area contributed by atoms with Gasteiger partial charge in [-0.3, -0.25) is 4.98 Å². The average Bonchev–Trinajstić information content (AvgIpc) is 2.44. The lowest BCUT2D eigenvalue weighted by molar-refractivity contribution is 0.588. The Morgan fingerprint density at radius 1 is 1.30 bits per heavy atom. The summed E-state index contributed by atoms with van der Waals surface area (Å²) in [6, 6.07) is 8.94. The van der Waals surface area contributed by atoms with E-state index in [-0.39, 0.29) is 5.82 Å². The summed E-state index contributed by atoms with van der Waals surface area (Å²) in [7, 11) is 1.93. The van der Waals surface area contributed by atoms with Gasteiger partial charge < -0.3 is 10.2 Å². The molecular formula is C16H20FN3. The molecule has 0 unspecified atom stereocenters. The van der Waals surface area contributed by atoms with Crippen molar-refractivity contribution in [1.29, 1.82) is 0 Å². The van der Waals surface area contributed by atoms with Gasteiger partial charge in [-0.1, -0.05) is 19.9 Å². The van der Waals surface area contributed by atoms with E-state index in [0.29, 0.717) is 6.04 Å². The lowest BCUT2D eigenvalue weighted by Gasteiger charge is -2.23. The van der Waals surface area contributed by atoms with Crippen molar-refractivity contribution in [2.45, 2.75) is 26.4 Å². The molecule has 0 fully saturated rings. The summed E-state index contributed by atoms with van der Waals surface area (Å²) in [6.45, 7) is 4.94. The Hall–Kier alpha value is -1.94. The number of pyridine rings is 1. The molecule has 0 radical (unpaired) electrons. The van der Waals surface area contributed by atoms with E-state index in [9.17, 15) is 4.39 Å². The van der Waals surface area contributed by atoms with Crippen LogP contribution in [0.4, 0.5) is 15.8 Å². The van der Waals surface area contributed by atoms with Gasteiger partial charge in [0.2, 0.25) is 0 Å². The summed E-state index contributed by atoms with van der Waals surface area (Å²) < 4.78 is 13.3. The third kappa shape index (κ3) is 3.54. The highest BCUT2D eigenvalue weighted by atomic mass is 19.1. The minimum Gasteiger partial charge on any atom is -0.344 e. The number of nitrogens with one attached hydrogen (secondary N) is 1. The molecule has 0 aliphatic rings. The summed E-state index contributed by atoms with van der Waals surface area (Å²) in [5, 5.41) is 3.38. The number of hydrogen-bond acceptors (Lipinski definition) is 3. The molecule has 1 aromatic carbocycles. The number of halogens is 1. The van der Waals surface area contributed by atoms with Crippen molar-refractivity contribution in [3.05, 3.63) is 54.1 Å². The van der Waals surface area contributed by atoms with Gasteiger partial charge in [0.25, 0.3) is 0 Å². The molecule has 0 amide bonds. The van der Waals surface area contributed by atoms with Crippen molar-refractivity contribution in [2.75, 3.05) is 11.9 Å². The lowest BCUT2D eigenvalue weighted by atomic mass is 10.2. The molecule has 106 valence electrons. The van der Waals surface area contributed by atoms with E-state index >= 15 is 0 Å². The van der Waals surface area contributed by atoms with Crippen LogP contribution < -0.4 is 10.2 Å². The Bertz CT molecular complexity index is 569. The zero-order valence-electron chi connectivity index (χ0n) is 12.1. The molecule has 0 saturated heterocycles. The maximum absolute atomic E-state index is 13.3. The Morgan fingerprint density at radius 2 is 2.10 bits per heavy atom. The summed E-state index contributed by atoms with van der Waals surface area (Å²) in [4.78, 5) is 6.15. The zero-order chi connectivity index (χ0) is 14.5. The first-order valence-electron chi connectivity index (χ1n) is 6.73. The molecule has 4 heteroatoms. The van der Waals surface area contributed by atoms with Crippen molar-refractivity contribution >= 4 is 11.4 Å². The number of rotatable bonds is 5. The van der Waals surface area contributed by atoms with E-state index in [0.717, 1.165) is 23.5 Å². The molecule has 3 nitrogen and oxygen atoms in total. The number of anilines is 2. The van der Waals surface area contributed by atoms with Gasteiger partial charge in [-0.05, 0) is 24.3 Å². The monoisotopic (exact) mass is 273 g/mol. The highest BCUT2D eigenvalue weighted by Crippen LogP contribution is 2.26. The molecule has 0 atom stereocenters. The maximum Gasteiger partial charge on any atom is 0.125 e. The van der Waals surface area contributed by atoms with Crippen LogP contribution in [0.25, 0.3) is 0 Å². The van der Waals surface area contributed by atoms with E-state index in [1.54, 1.807) is 12.3 Å². The van der Waals surface area contributed by atoms with Crippen LogP contribution in [-0.2, 0) is 6.54 Å². The van der Waals surface area contributed by atoms with Crippen molar-refractivity contribution in [3.63, 3.8) is 0 Å². The third-order valence-corrected chi connectivity index (χ3v) is 3.14. The SMILES string of the molecule is CC(C)NCc1cnccc1N(C)c1cccc(F)c1. The second kappa shape index (κ2) is 6.48. The highest BCUT2D eigenvalue weighted by Gasteiger charge is 2.10. The first kappa shape index (κ1) is 14.5. The summed E-state index contributed by atoms with van der Waals surface area (Å²) in [5.74, 6) is -0.231. The molecule has 0 saturated carbocycles. The maximum atomic E-state index is 13.3. The zero-order valence-corrected chi connectivity index (χ0v) is 12.1. The van der Waals surface area contributed by atoms with Crippen LogP contribution in [0, 0.1) is 5.82 Å². The molecule has 0 aliphatic carbocycles. The third-order valence-electron chi connectivity index (χ3n) is 3.14. The molecule has 0 bridgehead atoms. The minimum absolute atomic E-state index is 0.231. The molecule has 20 heavy (non-hydrogen) atoms. The van der Waals surface area contributed by atoms with E-state index in [4.69, 9.17) is 0 Å². The topological polar surface area (TPSA) is 28.2 Å². The van der Waals surface area contributed by atoms with Crippen LogP contribution in [0.3, 0.4) is 0 Å². The van der Waals surface area contributed by atoms with Gasteiger partial charge in [-0.15, -0.1) is 0 Å². The van der Waals surface area contributed by atoms with Crippen LogP contribution in [0.2, 0.25) is 0 Å². The van der Waals surface area contributed by atoms with Gasteiger partial charge >= 0.3 is 0 Å². The Balaban J connectivity index is 2.27. The predicted molar refractivity (Wildman–Crippen MR) is 80.7 cm³/mol. The summed E-state index contributed by atoms with van der Waals surface area (Å²) in [6.07, 6.45) is 3.60. The van der Waals surface area contributed by atoms with Crippen LogP contribution in [-0.4, -0.2) is 18.1 Å². The number of hydrogen-bond donors (Lipinski definition) is 1. The van der Waals surface area contributed by atoms with Gasteiger partial charge in [0, 0.05) is 49.0 Å². The first-order chi connectivity index (χ1) is 9.58. The Morgan fingerprint density at radius 3 is 2.80 bits per heavy atom. The normalized spacial score (nSPS) is 10.8. The molecule has 2 aromatic rings. The van der Waals surface area contributed by atoms with Crippen molar-refractivity contribution < 1.29 is 4.39 Å². The fourth-order valence-electron chi connectivity index (χ4n) is 2.02. The molecule has 1 heterocycles. The van der Waals surface area contributed by atoms with Crippen molar-refractivity contribution in [1.82, 2.24) is 10.3 Å². The van der Waals surface area contributed by atoms with Gasteiger partial charge in [0.1, 0.15) is 5.82 Å². The van der Waals surface area contributed by atoms with Crippen LogP contribution in [0.5, 0.6) is 0 Å². The average molecular weight is 273 g/mol. The standard InChI is InChI=1S/C16H20FN3/c1-12(2)19-11-13-10-18-8-7-16(13)20(3)15-6-4-5-14(17)9-15/h4-10,12,19H,11H2,1-3H3. The van der Waals surface area contributed by atoms with Crippen LogP contribution in [0.1, 0.15) is 19.4 Å². The summed E-state index contributed by atoms with van der Waals surface area (Å²) in [5.41, 5.74) is 2.94. The fourth-order valence-corrected chi connectivity index (χ4v) is 2.02. The van der Waals surface area contributed by atoms with Gasteiger partial charge in [-0.25, -0.2) is 4.39 Å². The molecule has 2 rings (SSSR count). The number of nitrogens with zero attached hydrogens (tertiary/aromatic N) is 2. The largest absolute Gasteiger partial charge is 0.344 e. The Labute approximate surface area is 119 Å². The first-order valence-corrected chi connectivity index (χ1v) is 6.73. The van der Waals surface area contributed by atoms with E-state index in [1.165, 1.54) is 12.1 Å². The summed E-state index contributed by atoms with van der Waals surface area (Å²) >= 11 is 0. The second-order valence-corrected chi connectivity index (χ2v) is 5.08. The molecule has 1 aromatic heterocycles. The van der Waals surface area contributed by atoms with E-state index < -0.39 is 0 Å². The lowest BCUT2D eigenvalue weighted by Crippen LogP contribution is -2.23. The fraction of sp³-hybridized carbons (Fsp3) is 0.312. The minimum atomic E-state index is -0.231. The quantitative estimate of drug-likeness (QED) is 0.904. The van der Waals surface area contributed by atoms with Gasteiger partial charge in [0.05, 0.1) is 0 Å². The molecule has 1 N–H and O–H groups in total.